The Morgan fingerprint density at radius 1 is 1.26 bits per heavy atom. The van der Waals surface area contributed by atoms with Gasteiger partial charge in [-0.2, -0.15) is 0 Å². The average Bonchev–Trinajstić information content (AvgIpc) is 2.55. The average molecular weight is 441 g/mol. The molecule has 2 aromatic carbocycles. The summed E-state index contributed by atoms with van der Waals surface area (Å²) in [4.78, 5) is 0. The van der Waals surface area contributed by atoms with Crippen molar-refractivity contribution in [1.29, 1.82) is 0 Å². The van der Waals surface area contributed by atoms with Crippen LogP contribution in [0.5, 0.6) is 5.75 Å². The number of rotatable bonds is 5. The van der Waals surface area contributed by atoms with E-state index in [1.54, 1.807) is 7.11 Å². The zero-order chi connectivity index (χ0) is 16.8. The highest BCUT2D eigenvalue weighted by Gasteiger charge is 2.10. The fourth-order valence-electron chi connectivity index (χ4n) is 2.26. The fourth-order valence-corrected chi connectivity index (χ4v) is 3.02. The number of hydrogen-bond acceptors (Lipinski definition) is 3. The molecular formula is C18H20INO2S. The van der Waals surface area contributed by atoms with E-state index in [-0.39, 0.29) is 0 Å². The quantitative estimate of drug-likeness (QED) is 0.518. The lowest BCUT2D eigenvalue weighted by Crippen LogP contribution is -2.13. The highest BCUT2D eigenvalue weighted by atomic mass is 127. The minimum atomic E-state index is 0.345. The first kappa shape index (κ1) is 18.0. The standard InChI is InChI=1S/C18H20INO2S/c1-4-13-10-12(2)8-9-17(13)22-11-14-15(19)6-5-7-16(14)20-18(23)21-3/h5-10H,4,11H2,1-3H3,(H,20,23). The number of halogens is 1. The second kappa shape index (κ2) is 8.49. The van der Waals surface area contributed by atoms with Gasteiger partial charge in [-0.15, -0.1) is 0 Å². The molecule has 1 N–H and O–H groups in total. The summed E-state index contributed by atoms with van der Waals surface area (Å²) in [6.45, 7) is 4.71. The third-order valence-corrected chi connectivity index (χ3v) is 4.79. The van der Waals surface area contributed by atoms with Gasteiger partial charge in [-0.25, -0.2) is 0 Å². The highest BCUT2D eigenvalue weighted by Crippen LogP contribution is 2.26. The lowest BCUT2D eigenvalue weighted by molar-refractivity contribution is 0.303. The van der Waals surface area contributed by atoms with Crippen LogP contribution in [0, 0.1) is 10.5 Å². The minimum Gasteiger partial charge on any atom is -0.489 e. The molecule has 0 fully saturated rings. The molecule has 2 aromatic rings. The molecule has 0 spiro atoms. The van der Waals surface area contributed by atoms with Crippen LogP contribution in [0.1, 0.15) is 23.6 Å². The molecule has 5 heteroatoms. The molecule has 0 saturated heterocycles. The number of aryl methyl sites for hydroxylation is 2. The first-order chi connectivity index (χ1) is 11.0. The van der Waals surface area contributed by atoms with Crippen LogP contribution in [0.2, 0.25) is 0 Å². The Hall–Kier alpha value is -1.34. The summed E-state index contributed by atoms with van der Waals surface area (Å²) in [6.07, 6.45) is 0.946. The Kier molecular flexibility index (Phi) is 6.65. The van der Waals surface area contributed by atoms with Gasteiger partial charge in [0.2, 0.25) is 0 Å². The summed E-state index contributed by atoms with van der Waals surface area (Å²) in [7, 11) is 1.55. The lowest BCUT2D eigenvalue weighted by atomic mass is 10.1. The molecule has 0 heterocycles. The predicted octanol–water partition coefficient (Wildman–Crippen LogP) is 5.08. The summed E-state index contributed by atoms with van der Waals surface area (Å²) in [6, 6.07) is 12.3. The van der Waals surface area contributed by atoms with E-state index in [1.165, 1.54) is 11.1 Å². The van der Waals surface area contributed by atoms with Gasteiger partial charge in [-0.3, -0.25) is 0 Å². The summed E-state index contributed by atoms with van der Waals surface area (Å²) >= 11 is 7.40. The number of anilines is 1. The summed E-state index contributed by atoms with van der Waals surface area (Å²) < 4.78 is 12.2. The maximum absolute atomic E-state index is 6.08. The number of methoxy groups -OCH3 is 1. The number of hydrogen-bond donors (Lipinski definition) is 1. The van der Waals surface area contributed by atoms with Crippen LogP contribution in [-0.4, -0.2) is 12.3 Å². The van der Waals surface area contributed by atoms with E-state index in [0.29, 0.717) is 11.8 Å². The molecule has 0 amide bonds. The fraction of sp³-hybridized carbons (Fsp3) is 0.278. The molecule has 0 radical (unpaired) electrons. The molecule has 0 aromatic heterocycles. The maximum atomic E-state index is 6.08. The molecule has 0 aliphatic carbocycles. The highest BCUT2D eigenvalue weighted by molar-refractivity contribution is 14.1. The van der Waals surface area contributed by atoms with Crippen molar-refractivity contribution in [2.45, 2.75) is 26.9 Å². The van der Waals surface area contributed by atoms with E-state index in [2.05, 4.69) is 60.0 Å². The van der Waals surface area contributed by atoms with Gasteiger partial charge in [0, 0.05) is 14.8 Å². The summed E-state index contributed by atoms with van der Waals surface area (Å²) in [5.74, 6) is 0.929. The van der Waals surface area contributed by atoms with Crippen LogP contribution in [0.3, 0.4) is 0 Å². The van der Waals surface area contributed by atoms with Crippen molar-refractivity contribution in [2.75, 3.05) is 12.4 Å². The Labute approximate surface area is 156 Å². The van der Waals surface area contributed by atoms with Gasteiger partial charge in [0.25, 0.3) is 5.17 Å². The van der Waals surface area contributed by atoms with Crippen molar-refractivity contribution in [3.8, 4) is 5.75 Å². The van der Waals surface area contributed by atoms with Gasteiger partial charge < -0.3 is 14.8 Å². The van der Waals surface area contributed by atoms with Crippen LogP contribution in [-0.2, 0) is 17.8 Å². The van der Waals surface area contributed by atoms with Crippen LogP contribution in [0.4, 0.5) is 5.69 Å². The Morgan fingerprint density at radius 3 is 2.74 bits per heavy atom. The van der Waals surface area contributed by atoms with Crippen LogP contribution >= 0.6 is 34.8 Å². The van der Waals surface area contributed by atoms with Gasteiger partial charge in [-0.05, 0) is 71.9 Å². The van der Waals surface area contributed by atoms with Crippen molar-refractivity contribution >= 4 is 45.7 Å². The van der Waals surface area contributed by atoms with Crippen molar-refractivity contribution in [1.82, 2.24) is 0 Å². The number of benzene rings is 2. The molecule has 122 valence electrons. The molecule has 0 aliphatic heterocycles. The number of ether oxygens (including phenoxy) is 2. The van der Waals surface area contributed by atoms with Gasteiger partial charge in [0.15, 0.2) is 0 Å². The monoisotopic (exact) mass is 441 g/mol. The zero-order valence-electron chi connectivity index (χ0n) is 13.5. The first-order valence-corrected chi connectivity index (χ1v) is 8.88. The zero-order valence-corrected chi connectivity index (χ0v) is 16.5. The molecule has 23 heavy (non-hydrogen) atoms. The van der Waals surface area contributed by atoms with Gasteiger partial charge in [-0.1, -0.05) is 30.7 Å². The van der Waals surface area contributed by atoms with E-state index in [0.717, 1.165) is 27.0 Å². The van der Waals surface area contributed by atoms with E-state index in [4.69, 9.17) is 21.7 Å². The first-order valence-electron chi connectivity index (χ1n) is 7.39. The van der Waals surface area contributed by atoms with Crippen molar-refractivity contribution in [3.63, 3.8) is 0 Å². The predicted molar refractivity (Wildman–Crippen MR) is 107 cm³/mol. The molecule has 0 saturated carbocycles. The normalized spacial score (nSPS) is 10.3. The Bertz CT molecular complexity index is 703. The third kappa shape index (κ3) is 4.81. The molecule has 3 nitrogen and oxygen atoms in total. The van der Waals surface area contributed by atoms with Gasteiger partial charge >= 0.3 is 0 Å². The van der Waals surface area contributed by atoms with E-state index in [1.807, 2.05) is 18.2 Å². The summed E-state index contributed by atoms with van der Waals surface area (Å²) in [5.41, 5.74) is 4.44. The molecular weight excluding hydrogens is 421 g/mol. The molecule has 2 rings (SSSR count). The largest absolute Gasteiger partial charge is 0.489 e. The molecule has 0 atom stereocenters. The van der Waals surface area contributed by atoms with Gasteiger partial charge in [0.1, 0.15) is 12.4 Å². The smallest absolute Gasteiger partial charge is 0.260 e. The van der Waals surface area contributed by atoms with E-state index >= 15 is 0 Å². The third-order valence-electron chi connectivity index (χ3n) is 3.51. The van der Waals surface area contributed by atoms with E-state index in [9.17, 15) is 0 Å². The van der Waals surface area contributed by atoms with Crippen LogP contribution in [0.25, 0.3) is 0 Å². The van der Waals surface area contributed by atoms with E-state index < -0.39 is 0 Å². The number of nitrogens with one attached hydrogen (secondary N) is 1. The molecule has 0 unspecified atom stereocenters. The minimum absolute atomic E-state index is 0.345. The molecule has 0 bridgehead atoms. The van der Waals surface area contributed by atoms with Gasteiger partial charge in [0.05, 0.1) is 7.11 Å². The van der Waals surface area contributed by atoms with Crippen molar-refractivity contribution in [2.24, 2.45) is 0 Å². The number of thiocarbonyl (C=S) groups is 1. The molecule has 0 aliphatic rings. The SMILES string of the molecule is CCc1cc(C)ccc1OCc1c(I)cccc1NC(=S)OC. The van der Waals surface area contributed by atoms with Crippen LogP contribution < -0.4 is 10.1 Å². The Balaban J connectivity index is 2.22. The lowest BCUT2D eigenvalue weighted by Gasteiger charge is -2.16. The second-order valence-corrected chi connectivity index (χ2v) is 6.67. The maximum Gasteiger partial charge on any atom is 0.260 e. The topological polar surface area (TPSA) is 30.5 Å². The van der Waals surface area contributed by atoms with Crippen molar-refractivity contribution < 1.29 is 9.47 Å². The van der Waals surface area contributed by atoms with Crippen molar-refractivity contribution in [3.05, 3.63) is 56.7 Å². The summed E-state index contributed by atoms with van der Waals surface area (Å²) in [5, 5.41) is 3.44. The Morgan fingerprint density at radius 2 is 2.04 bits per heavy atom. The van der Waals surface area contributed by atoms with Crippen LogP contribution in [0.15, 0.2) is 36.4 Å². The second-order valence-electron chi connectivity index (χ2n) is 5.14.